The fraction of sp³-hybridized carbons (Fsp3) is 0.462. The molecule has 0 unspecified atom stereocenters. The zero-order valence-electron chi connectivity index (χ0n) is 9.05. The molecular formula is C13H15NO. The number of anilines is 1. The van der Waals surface area contributed by atoms with E-state index in [4.69, 9.17) is 0 Å². The lowest BCUT2D eigenvalue weighted by atomic mass is 9.96. The van der Waals surface area contributed by atoms with Crippen molar-refractivity contribution in [1.82, 2.24) is 0 Å². The Hall–Kier alpha value is -1.31. The molecule has 2 aliphatic heterocycles. The van der Waals surface area contributed by atoms with Crippen molar-refractivity contribution < 1.29 is 4.79 Å². The van der Waals surface area contributed by atoms with E-state index in [1.807, 2.05) is 0 Å². The Kier molecular flexibility index (Phi) is 1.84. The molecule has 2 heteroatoms. The van der Waals surface area contributed by atoms with Crippen LogP contribution in [0, 0.1) is 0 Å². The second-order valence-corrected chi connectivity index (χ2v) is 4.54. The van der Waals surface area contributed by atoms with E-state index in [9.17, 15) is 4.79 Å². The lowest BCUT2D eigenvalue weighted by molar-refractivity contribution is 0.101. The van der Waals surface area contributed by atoms with Gasteiger partial charge in [0, 0.05) is 24.3 Å². The minimum atomic E-state index is 0.193. The molecule has 2 heterocycles. The lowest BCUT2D eigenvalue weighted by Crippen LogP contribution is -2.26. The molecule has 0 saturated carbocycles. The van der Waals surface area contributed by atoms with Gasteiger partial charge in [0.1, 0.15) is 0 Å². The number of aryl methyl sites for hydroxylation is 1. The molecule has 0 atom stereocenters. The van der Waals surface area contributed by atoms with Gasteiger partial charge in [-0.1, -0.05) is 0 Å². The third-order valence-corrected chi connectivity index (χ3v) is 3.52. The van der Waals surface area contributed by atoms with Crippen LogP contribution in [0.2, 0.25) is 0 Å². The van der Waals surface area contributed by atoms with Crippen molar-refractivity contribution in [2.75, 3.05) is 18.0 Å². The third kappa shape index (κ3) is 1.28. The lowest BCUT2D eigenvalue weighted by Gasteiger charge is -2.27. The van der Waals surface area contributed by atoms with Gasteiger partial charge in [0.05, 0.1) is 0 Å². The quantitative estimate of drug-likeness (QED) is 0.649. The van der Waals surface area contributed by atoms with E-state index in [-0.39, 0.29) is 5.78 Å². The molecule has 1 aromatic carbocycles. The van der Waals surface area contributed by atoms with Gasteiger partial charge >= 0.3 is 0 Å². The van der Waals surface area contributed by atoms with E-state index in [0.717, 1.165) is 24.9 Å². The average molecular weight is 201 g/mol. The third-order valence-electron chi connectivity index (χ3n) is 3.52. The second kappa shape index (κ2) is 3.09. The largest absolute Gasteiger partial charge is 0.371 e. The molecule has 0 radical (unpaired) electrons. The number of benzene rings is 1. The van der Waals surface area contributed by atoms with E-state index in [2.05, 4.69) is 17.0 Å². The zero-order chi connectivity index (χ0) is 10.4. The average Bonchev–Trinajstić information content (AvgIpc) is 2.64. The summed E-state index contributed by atoms with van der Waals surface area (Å²) in [6.45, 7) is 3.99. The van der Waals surface area contributed by atoms with Crippen molar-refractivity contribution in [2.24, 2.45) is 0 Å². The van der Waals surface area contributed by atoms with Crippen LogP contribution in [-0.2, 0) is 12.8 Å². The highest BCUT2D eigenvalue weighted by Gasteiger charge is 2.26. The summed E-state index contributed by atoms with van der Waals surface area (Å²) in [5.74, 6) is 0.193. The molecule has 0 spiro atoms. The Morgan fingerprint density at radius 3 is 2.67 bits per heavy atom. The summed E-state index contributed by atoms with van der Waals surface area (Å²) in [5.41, 5.74) is 5.11. The predicted molar refractivity (Wildman–Crippen MR) is 60.7 cm³/mol. The summed E-state index contributed by atoms with van der Waals surface area (Å²) in [5, 5.41) is 0. The van der Waals surface area contributed by atoms with Crippen molar-refractivity contribution in [2.45, 2.75) is 26.2 Å². The predicted octanol–water partition coefficient (Wildman–Crippen LogP) is 2.20. The first-order valence-electron chi connectivity index (χ1n) is 5.67. The molecule has 2 nitrogen and oxygen atoms in total. The van der Waals surface area contributed by atoms with Gasteiger partial charge in [-0.2, -0.15) is 0 Å². The molecule has 15 heavy (non-hydrogen) atoms. The molecule has 78 valence electrons. The van der Waals surface area contributed by atoms with Crippen LogP contribution in [0.15, 0.2) is 12.1 Å². The standard InChI is InChI=1S/C13H15NO/c1-9(15)12-7-10-3-2-5-14-6-4-11(8-12)13(10)14/h7-8H,2-6H2,1H3. The highest BCUT2D eigenvalue weighted by Crippen LogP contribution is 2.36. The van der Waals surface area contributed by atoms with Crippen molar-refractivity contribution in [1.29, 1.82) is 0 Å². The molecule has 2 aliphatic rings. The molecule has 3 rings (SSSR count). The summed E-state index contributed by atoms with van der Waals surface area (Å²) in [7, 11) is 0. The van der Waals surface area contributed by atoms with E-state index in [1.165, 1.54) is 29.8 Å². The van der Waals surface area contributed by atoms with Crippen LogP contribution >= 0.6 is 0 Å². The van der Waals surface area contributed by atoms with Crippen LogP contribution < -0.4 is 4.90 Å². The van der Waals surface area contributed by atoms with E-state index < -0.39 is 0 Å². The summed E-state index contributed by atoms with van der Waals surface area (Å²) in [6, 6.07) is 4.19. The number of carbonyl (C=O) groups is 1. The van der Waals surface area contributed by atoms with Gasteiger partial charge in [-0.25, -0.2) is 0 Å². The van der Waals surface area contributed by atoms with Crippen LogP contribution in [0.4, 0.5) is 5.69 Å². The van der Waals surface area contributed by atoms with Crippen molar-refractivity contribution >= 4 is 11.5 Å². The van der Waals surface area contributed by atoms with Gasteiger partial charge in [0.15, 0.2) is 5.78 Å². The first-order valence-corrected chi connectivity index (χ1v) is 5.67. The first kappa shape index (κ1) is 8.96. The minimum absolute atomic E-state index is 0.193. The molecular weight excluding hydrogens is 186 g/mol. The number of hydrogen-bond donors (Lipinski definition) is 0. The Labute approximate surface area is 89.9 Å². The molecule has 0 aromatic heterocycles. The fourth-order valence-electron chi connectivity index (χ4n) is 2.80. The van der Waals surface area contributed by atoms with E-state index in [1.54, 1.807) is 6.92 Å². The van der Waals surface area contributed by atoms with Crippen molar-refractivity contribution in [3.63, 3.8) is 0 Å². The Bertz CT molecular complexity index is 436. The molecule has 1 aromatic rings. The van der Waals surface area contributed by atoms with Crippen LogP contribution in [0.1, 0.15) is 34.8 Å². The highest BCUT2D eigenvalue weighted by atomic mass is 16.1. The topological polar surface area (TPSA) is 20.3 Å². The molecule has 0 fully saturated rings. The molecule has 0 aliphatic carbocycles. The number of hydrogen-bond acceptors (Lipinski definition) is 2. The smallest absolute Gasteiger partial charge is 0.159 e. The molecule has 0 saturated heterocycles. The monoisotopic (exact) mass is 201 g/mol. The number of rotatable bonds is 1. The maximum absolute atomic E-state index is 11.4. The summed E-state index contributed by atoms with van der Waals surface area (Å²) in [6.07, 6.45) is 3.48. The van der Waals surface area contributed by atoms with Gasteiger partial charge in [0.25, 0.3) is 0 Å². The Morgan fingerprint density at radius 1 is 1.20 bits per heavy atom. The van der Waals surface area contributed by atoms with Crippen LogP contribution in [0.5, 0.6) is 0 Å². The first-order chi connectivity index (χ1) is 7.25. The minimum Gasteiger partial charge on any atom is -0.371 e. The molecule has 0 amide bonds. The number of carbonyl (C=O) groups excluding carboxylic acids is 1. The van der Waals surface area contributed by atoms with E-state index in [0.29, 0.717) is 0 Å². The van der Waals surface area contributed by atoms with Gasteiger partial charge in [-0.05, 0) is 49.4 Å². The zero-order valence-corrected chi connectivity index (χ0v) is 9.05. The maximum Gasteiger partial charge on any atom is 0.159 e. The SMILES string of the molecule is CC(=O)c1cc2c3c(c1)CCN3CCC2. The number of nitrogens with zero attached hydrogens (tertiary/aromatic N) is 1. The highest BCUT2D eigenvalue weighted by molar-refractivity contribution is 5.95. The van der Waals surface area contributed by atoms with Gasteiger partial charge < -0.3 is 4.90 Å². The molecule has 0 bridgehead atoms. The van der Waals surface area contributed by atoms with E-state index >= 15 is 0 Å². The number of Topliss-reactive ketones (excluding diaryl/α,β-unsaturated/α-hetero) is 1. The van der Waals surface area contributed by atoms with Crippen LogP contribution in [-0.4, -0.2) is 18.9 Å². The summed E-state index contributed by atoms with van der Waals surface area (Å²) < 4.78 is 0. The van der Waals surface area contributed by atoms with Crippen LogP contribution in [0.3, 0.4) is 0 Å². The molecule has 0 N–H and O–H groups in total. The maximum atomic E-state index is 11.4. The van der Waals surface area contributed by atoms with Crippen LogP contribution in [0.25, 0.3) is 0 Å². The summed E-state index contributed by atoms with van der Waals surface area (Å²) >= 11 is 0. The fourth-order valence-corrected chi connectivity index (χ4v) is 2.80. The Morgan fingerprint density at radius 2 is 1.93 bits per heavy atom. The normalized spacial score (nSPS) is 17.8. The van der Waals surface area contributed by atoms with Gasteiger partial charge in [0.2, 0.25) is 0 Å². The Balaban J connectivity index is 2.18. The van der Waals surface area contributed by atoms with Crippen molar-refractivity contribution in [3.8, 4) is 0 Å². The second-order valence-electron chi connectivity index (χ2n) is 4.54. The summed E-state index contributed by atoms with van der Waals surface area (Å²) in [4.78, 5) is 13.9. The van der Waals surface area contributed by atoms with Gasteiger partial charge in [-0.15, -0.1) is 0 Å². The van der Waals surface area contributed by atoms with Crippen molar-refractivity contribution in [3.05, 3.63) is 28.8 Å². The number of ketones is 1. The van der Waals surface area contributed by atoms with Gasteiger partial charge in [-0.3, -0.25) is 4.79 Å².